The van der Waals surface area contributed by atoms with Crippen LogP contribution in [0.15, 0.2) is 58.2 Å². The topological polar surface area (TPSA) is 95.9 Å². The highest BCUT2D eigenvalue weighted by atomic mass is 32.2. The summed E-state index contributed by atoms with van der Waals surface area (Å²) in [6.45, 7) is 0. The van der Waals surface area contributed by atoms with Crippen LogP contribution in [0.1, 0.15) is 16.3 Å². The van der Waals surface area contributed by atoms with Gasteiger partial charge in [-0.25, -0.2) is 14.8 Å². The van der Waals surface area contributed by atoms with Crippen molar-refractivity contribution in [2.75, 3.05) is 7.11 Å². The SMILES string of the molecule is COC(=O)c1ccc(CSc2ncnc3c2nnn3-c2ccccc2)o1. The number of carbonyl (C=O) groups excluding carboxylic acids is 1. The summed E-state index contributed by atoms with van der Waals surface area (Å²) < 4.78 is 11.8. The average Bonchev–Trinajstić information content (AvgIpc) is 3.34. The van der Waals surface area contributed by atoms with Gasteiger partial charge in [-0.2, -0.15) is 4.68 Å². The molecule has 0 aliphatic rings. The Morgan fingerprint density at radius 3 is 2.85 bits per heavy atom. The lowest BCUT2D eigenvalue weighted by molar-refractivity contribution is 0.0563. The largest absolute Gasteiger partial charge is 0.463 e. The number of para-hydroxylation sites is 1. The third-order valence-corrected chi connectivity index (χ3v) is 4.61. The maximum absolute atomic E-state index is 11.4. The molecule has 130 valence electrons. The van der Waals surface area contributed by atoms with Crippen LogP contribution in [0.3, 0.4) is 0 Å². The van der Waals surface area contributed by atoms with E-state index in [9.17, 15) is 4.79 Å². The lowest BCUT2D eigenvalue weighted by Crippen LogP contribution is -1.98. The monoisotopic (exact) mass is 367 g/mol. The van der Waals surface area contributed by atoms with E-state index >= 15 is 0 Å². The minimum Gasteiger partial charge on any atom is -0.463 e. The molecule has 0 amide bonds. The Hall–Kier alpha value is -3.20. The van der Waals surface area contributed by atoms with Crippen LogP contribution in [-0.2, 0) is 10.5 Å². The van der Waals surface area contributed by atoms with Gasteiger partial charge < -0.3 is 9.15 Å². The predicted molar refractivity (Wildman–Crippen MR) is 94.1 cm³/mol. The number of fused-ring (bicyclic) bond motifs is 1. The normalized spacial score (nSPS) is 11.0. The molecule has 0 aliphatic heterocycles. The first-order chi connectivity index (χ1) is 12.8. The van der Waals surface area contributed by atoms with E-state index in [0.29, 0.717) is 27.7 Å². The summed E-state index contributed by atoms with van der Waals surface area (Å²) in [5.41, 5.74) is 2.11. The maximum atomic E-state index is 11.4. The quantitative estimate of drug-likeness (QED) is 0.302. The van der Waals surface area contributed by atoms with Gasteiger partial charge in [0, 0.05) is 0 Å². The van der Waals surface area contributed by atoms with Gasteiger partial charge in [0.1, 0.15) is 17.1 Å². The van der Waals surface area contributed by atoms with Gasteiger partial charge in [0.25, 0.3) is 0 Å². The molecule has 0 unspecified atom stereocenters. The molecule has 0 radical (unpaired) electrons. The maximum Gasteiger partial charge on any atom is 0.373 e. The number of aromatic nitrogens is 5. The van der Waals surface area contributed by atoms with E-state index in [-0.39, 0.29) is 5.76 Å². The Morgan fingerprint density at radius 2 is 2.04 bits per heavy atom. The van der Waals surface area contributed by atoms with Crippen LogP contribution < -0.4 is 0 Å². The first-order valence-electron chi connectivity index (χ1n) is 7.68. The predicted octanol–water partition coefficient (Wildman–Crippen LogP) is 2.88. The minimum atomic E-state index is -0.503. The van der Waals surface area contributed by atoms with E-state index in [1.165, 1.54) is 25.2 Å². The van der Waals surface area contributed by atoms with Crippen molar-refractivity contribution in [1.29, 1.82) is 0 Å². The molecule has 4 rings (SSSR count). The molecule has 0 saturated heterocycles. The van der Waals surface area contributed by atoms with Gasteiger partial charge in [-0.15, -0.1) is 5.10 Å². The van der Waals surface area contributed by atoms with E-state index in [1.807, 2.05) is 30.3 Å². The fraction of sp³-hybridized carbons (Fsp3) is 0.118. The zero-order valence-corrected chi connectivity index (χ0v) is 14.5. The number of esters is 1. The van der Waals surface area contributed by atoms with Crippen molar-refractivity contribution in [1.82, 2.24) is 25.0 Å². The Kier molecular flexibility index (Phi) is 4.36. The summed E-state index contributed by atoms with van der Waals surface area (Å²) in [7, 11) is 1.31. The second-order valence-corrected chi connectivity index (χ2v) is 6.20. The van der Waals surface area contributed by atoms with E-state index < -0.39 is 5.97 Å². The van der Waals surface area contributed by atoms with Gasteiger partial charge in [-0.05, 0) is 24.3 Å². The van der Waals surface area contributed by atoms with Crippen molar-refractivity contribution < 1.29 is 13.9 Å². The smallest absolute Gasteiger partial charge is 0.373 e. The molecule has 0 aliphatic carbocycles. The summed E-state index contributed by atoms with van der Waals surface area (Å²) in [6.07, 6.45) is 1.48. The van der Waals surface area contributed by atoms with Crippen LogP contribution in [0.5, 0.6) is 0 Å². The molecule has 0 bridgehead atoms. The van der Waals surface area contributed by atoms with Crippen molar-refractivity contribution >= 4 is 28.9 Å². The molecule has 0 spiro atoms. The zero-order valence-electron chi connectivity index (χ0n) is 13.7. The number of thioether (sulfide) groups is 1. The number of methoxy groups -OCH3 is 1. The van der Waals surface area contributed by atoms with Crippen molar-refractivity contribution in [3.63, 3.8) is 0 Å². The lowest BCUT2D eigenvalue weighted by Gasteiger charge is -2.02. The molecule has 0 saturated carbocycles. The number of nitrogens with zero attached hydrogens (tertiary/aromatic N) is 5. The highest BCUT2D eigenvalue weighted by Gasteiger charge is 2.15. The van der Waals surface area contributed by atoms with Crippen LogP contribution in [0, 0.1) is 0 Å². The standard InChI is InChI=1S/C17H13N5O3S/c1-24-17(23)13-8-7-12(25-13)9-26-16-14-15(18-10-19-16)22(21-20-14)11-5-3-2-4-6-11/h2-8,10H,9H2,1H3. The van der Waals surface area contributed by atoms with Gasteiger partial charge >= 0.3 is 5.97 Å². The molecule has 3 heterocycles. The zero-order chi connectivity index (χ0) is 17.9. The third kappa shape index (κ3) is 3.04. The number of hydrogen-bond donors (Lipinski definition) is 0. The number of ether oxygens (including phenoxy) is 1. The van der Waals surface area contributed by atoms with Crippen LogP contribution in [-0.4, -0.2) is 38.0 Å². The summed E-state index contributed by atoms with van der Waals surface area (Å²) in [6, 6.07) is 13.0. The second kappa shape index (κ2) is 6.96. The Morgan fingerprint density at radius 1 is 1.19 bits per heavy atom. The van der Waals surface area contributed by atoms with Gasteiger partial charge in [0.15, 0.2) is 11.2 Å². The van der Waals surface area contributed by atoms with Crippen LogP contribution in [0.4, 0.5) is 0 Å². The van der Waals surface area contributed by atoms with E-state index in [4.69, 9.17) is 4.42 Å². The molecule has 0 fully saturated rings. The molecular weight excluding hydrogens is 354 g/mol. The minimum absolute atomic E-state index is 0.172. The van der Waals surface area contributed by atoms with E-state index in [2.05, 4.69) is 25.0 Å². The number of carbonyl (C=O) groups is 1. The van der Waals surface area contributed by atoms with Gasteiger partial charge in [-0.1, -0.05) is 35.2 Å². The Labute approximate surface area is 152 Å². The van der Waals surface area contributed by atoms with Crippen LogP contribution in [0.25, 0.3) is 16.9 Å². The first kappa shape index (κ1) is 16.3. The highest BCUT2D eigenvalue weighted by Crippen LogP contribution is 2.27. The summed E-state index contributed by atoms with van der Waals surface area (Å²) in [5.74, 6) is 0.793. The van der Waals surface area contributed by atoms with Crippen molar-refractivity contribution in [2.45, 2.75) is 10.8 Å². The molecule has 0 N–H and O–H groups in total. The van der Waals surface area contributed by atoms with Crippen molar-refractivity contribution in [2.24, 2.45) is 0 Å². The molecule has 8 nitrogen and oxygen atoms in total. The van der Waals surface area contributed by atoms with Gasteiger partial charge in [-0.3, -0.25) is 0 Å². The Balaban J connectivity index is 1.59. The number of benzene rings is 1. The molecule has 9 heteroatoms. The number of furan rings is 1. The molecule has 3 aromatic heterocycles. The van der Waals surface area contributed by atoms with Gasteiger partial charge in [0.05, 0.1) is 18.6 Å². The summed E-state index contributed by atoms with van der Waals surface area (Å²) >= 11 is 1.43. The molecule has 26 heavy (non-hydrogen) atoms. The highest BCUT2D eigenvalue weighted by molar-refractivity contribution is 7.98. The van der Waals surface area contributed by atoms with Crippen LogP contribution >= 0.6 is 11.8 Å². The van der Waals surface area contributed by atoms with Gasteiger partial charge in [0.2, 0.25) is 5.76 Å². The van der Waals surface area contributed by atoms with Crippen LogP contribution in [0.2, 0.25) is 0 Å². The Bertz CT molecular complexity index is 1060. The molecule has 1 aromatic carbocycles. The second-order valence-electron chi connectivity index (χ2n) is 5.23. The first-order valence-corrected chi connectivity index (χ1v) is 8.66. The number of hydrogen-bond acceptors (Lipinski definition) is 8. The molecular formula is C17H13N5O3S. The summed E-state index contributed by atoms with van der Waals surface area (Å²) in [4.78, 5) is 20.0. The van der Waals surface area contributed by atoms with Crippen molar-refractivity contribution in [3.8, 4) is 5.69 Å². The van der Waals surface area contributed by atoms with Crippen molar-refractivity contribution in [3.05, 3.63) is 60.3 Å². The average molecular weight is 367 g/mol. The van der Waals surface area contributed by atoms with E-state index in [0.717, 1.165) is 5.69 Å². The fourth-order valence-corrected chi connectivity index (χ4v) is 3.21. The molecule has 0 atom stereocenters. The fourth-order valence-electron chi connectivity index (χ4n) is 2.38. The third-order valence-electron chi connectivity index (χ3n) is 3.60. The summed E-state index contributed by atoms with van der Waals surface area (Å²) in [5, 5.41) is 9.09. The van der Waals surface area contributed by atoms with E-state index in [1.54, 1.807) is 16.8 Å². The lowest BCUT2D eigenvalue weighted by atomic mass is 10.3. The number of rotatable bonds is 5. The molecule has 4 aromatic rings.